The number of hydrogen-bond donors (Lipinski definition) is 3. The molecule has 4 N–H and O–H groups in total. The van der Waals surface area contributed by atoms with Gasteiger partial charge in [0.1, 0.15) is 5.69 Å². The number of rotatable bonds is 3. The van der Waals surface area contributed by atoms with Gasteiger partial charge in [0.15, 0.2) is 0 Å². The van der Waals surface area contributed by atoms with Crippen molar-refractivity contribution in [2.45, 2.75) is 31.1 Å². The van der Waals surface area contributed by atoms with Gasteiger partial charge in [-0.3, -0.25) is 9.59 Å². The first-order valence-electron chi connectivity index (χ1n) is 7.98. The van der Waals surface area contributed by atoms with E-state index in [1.807, 2.05) is 0 Å². The molecule has 2 atom stereocenters. The molecule has 1 aromatic carbocycles. The molecular formula is C18H19N3O2. The lowest BCUT2D eigenvalue weighted by Crippen LogP contribution is -2.24. The van der Waals surface area contributed by atoms with Crippen molar-refractivity contribution in [3.8, 4) is 0 Å². The van der Waals surface area contributed by atoms with Crippen LogP contribution in [0.5, 0.6) is 0 Å². The smallest absolute Gasteiger partial charge is 0.265 e. The Morgan fingerprint density at radius 1 is 1.30 bits per heavy atom. The Kier molecular flexibility index (Phi) is 3.04. The van der Waals surface area contributed by atoms with Gasteiger partial charge in [0.05, 0.1) is 5.69 Å². The van der Waals surface area contributed by atoms with Crippen molar-refractivity contribution in [1.82, 2.24) is 4.98 Å². The molecule has 5 heteroatoms. The number of aromatic amines is 1. The van der Waals surface area contributed by atoms with E-state index in [1.165, 1.54) is 11.1 Å². The molecule has 4 rings (SSSR count). The Hall–Kier alpha value is -2.56. The zero-order valence-corrected chi connectivity index (χ0v) is 12.8. The Bertz CT molecular complexity index is 795. The molecular weight excluding hydrogens is 290 g/mol. The number of nitrogens with one attached hydrogen (secondary N) is 2. The fourth-order valence-corrected chi connectivity index (χ4v) is 4.01. The number of fused-ring (bicyclic) bond motifs is 2. The van der Waals surface area contributed by atoms with E-state index in [1.54, 1.807) is 12.3 Å². The van der Waals surface area contributed by atoms with E-state index in [9.17, 15) is 9.59 Å². The third-order valence-corrected chi connectivity index (χ3v) is 5.23. The highest BCUT2D eigenvalue weighted by Gasteiger charge is 2.60. The van der Waals surface area contributed by atoms with Crippen LogP contribution in [-0.4, -0.2) is 16.8 Å². The van der Waals surface area contributed by atoms with E-state index in [2.05, 4.69) is 34.6 Å². The van der Waals surface area contributed by atoms with Crippen LogP contribution in [0.3, 0.4) is 0 Å². The summed E-state index contributed by atoms with van der Waals surface area (Å²) >= 11 is 0. The zero-order valence-electron chi connectivity index (χ0n) is 12.8. The standard InChI is InChI=1S/C18H19N3O2/c19-16(22)15-8-12(10-20-15)21-17(23)14-9-18(14)7-3-5-11-4-1-2-6-13(11)18/h1-2,4,6,8,10,14,20H,3,5,7,9H2,(H2,19,22)(H,21,23)/t14-,18-/m0/s1. The Morgan fingerprint density at radius 3 is 2.91 bits per heavy atom. The maximum absolute atomic E-state index is 12.6. The first kappa shape index (κ1) is 14.1. The second-order valence-corrected chi connectivity index (χ2v) is 6.58. The first-order chi connectivity index (χ1) is 11.1. The zero-order chi connectivity index (χ0) is 16.0. The lowest BCUT2D eigenvalue weighted by atomic mass is 9.78. The van der Waals surface area contributed by atoms with Crippen LogP contribution in [-0.2, 0) is 16.6 Å². The van der Waals surface area contributed by atoms with Gasteiger partial charge in [-0.2, -0.15) is 0 Å². The summed E-state index contributed by atoms with van der Waals surface area (Å²) in [5.41, 5.74) is 8.85. The quantitative estimate of drug-likeness (QED) is 0.812. The van der Waals surface area contributed by atoms with E-state index < -0.39 is 5.91 Å². The maximum Gasteiger partial charge on any atom is 0.265 e. The summed E-state index contributed by atoms with van der Waals surface area (Å²) in [5.74, 6) is -0.498. The fraction of sp³-hybridized carbons (Fsp3) is 0.333. The average Bonchev–Trinajstić information content (AvgIpc) is 3.06. The number of anilines is 1. The van der Waals surface area contributed by atoms with E-state index in [0.717, 1.165) is 25.7 Å². The van der Waals surface area contributed by atoms with E-state index in [-0.39, 0.29) is 17.2 Å². The lowest BCUT2D eigenvalue weighted by molar-refractivity contribution is -0.117. The van der Waals surface area contributed by atoms with Crippen molar-refractivity contribution in [2.24, 2.45) is 11.7 Å². The average molecular weight is 309 g/mol. The normalized spacial score (nSPS) is 25.0. The number of H-pyrrole nitrogens is 1. The summed E-state index contributed by atoms with van der Waals surface area (Å²) < 4.78 is 0. The Morgan fingerprint density at radius 2 is 2.13 bits per heavy atom. The molecule has 0 unspecified atom stereocenters. The summed E-state index contributed by atoms with van der Waals surface area (Å²) in [6.45, 7) is 0. The van der Waals surface area contributed by atoms with Crippen LogP contribution in [0.2, 0.25) is 0 Å². The largest absolute Gasteiger partial charge is 0.364 e. The van der Waals surface area contributed by atoms with Gasteiger partial charge in [-0.15, -0.1) is 0 Å². The van der Waals surface area contributed by atoms with Crippen molar-refractivity contribution in [1.29, 1.82) is 0 Å². The van der Waals surface area contributed by atoms with Crippen LogP contribution in [0.1, 0.15) is 40.9 Å². The topological polar surface area (TPSA) is 88.0 Å². The van der Waals surface area contributed by atoms with Gasteiger partial charge in [-0.25, -0.2) is 0 Å². The van der Waals surface area contributed by atoms with Gasteiger partial charge >= 0.3 is 0 Å². The number of benzene rings is 1. The van der Waals surface area contributed by atoms with Crippen molar-refractivity contribution < 1.29 is 9.59 Å². The molecule has 2 aromatic rings. The third kappa shape index (κ3) is 2.23. The second-order valence-electron chi connectivity index (χ2n) is 6.58. The minimum atomic E-state index is -0.533. The van der Waals surface area contributed by atoms with Gasteiger partial charge in [-0.05, 0) is 42.9 Å². The number of nitrogens with two attached hydrogens (primary N) is 1. The number of aromatic nitrogens is 1. The van der Waals surface area contributed by atoms with Crippen LogP contribution in [0.25, 0.3) is 0 Å². The van der Waals surface area contributed by atoms with Gasteiger partial charge in [-0.1, -0.05) is 24.3 Å². The molecule has 0 bridgehead atoms. The molecule has 1 heterocycles. The number of amides is 2. The van der Waals surface area contributed by atoms with Crippen molar-refractivity contribution >= 4 is 17.5 Å². The van der Waals surface area contributed by atoms with Gasteiger partial charge < -0.3 is 16.0 Å². The molecule has 0 saturated heterocycles. The Balaban J connectivity index is 1.52. The van der Waals surface area contributed by atoms with Crippen LogP contribution in [0, 0.1) is 5.92 Å². The van der Waals surface area contributed by atoms with E-state index >= 15 is 0 Å². The molecule has 118 valence electrons. The highest BCUT2D eigenvalue weighted by atomic mass is 16.2. The highest BCUT2D eigenvalue weighted by Crippen LogP contribution is 2.60. The molecule has 1 aromatic heterocycles. The summed E-state index contributed by atoms with van der Waals surface area (Å²) in [6, 6.07) is 10.0. The molecule has 0 radical (unpaired) electrons. The molecule has 2 aliphatic rings. The monoisotopic (exact) mass is 309 g/mol. The molecule has 1 spiro atoms. The van der Waals surface area contributed by atoms with Gasteiger partial charge in [0.2, 0.25) is 5.91 Å². The number of primary amides is 1. The summed E-state index contributed by atoms with van der Waals surface area (Å²) in [5, 5.41) is 2.90. The summed E-state index contributed by atoms with van der Waals surface area (Å²) in [4.78, 5) is 26.5. The minimum absolute atomic E-state index is 0.0101. The fourth-order valence-electron chi connectivity index (χ4n) is 4.01. The molecule has 1 fully saturated rings. The van der Waals surface area contributed by atoms with Crippen LogP contribution in [0.4, 0.5) is 5.69 Å². The molecule has 0 aliphatic heterocycles. The molecule has 1 saturated carbocycles. The number of hydrogen-bond acceptors (Lipinski definition) is 2. The molecule has 23 heavy (non-hydrogen) atoms. The SMILES string of the molecule is NC(=O)c1cc(NC(=O)[C@@H]2C[C@]23CCCc2ccccc23)c[nH]1. The number of carbonyl (C=O) groups is 2. The summed E-state index contributed by atoms with van der Waals surface area (Å²) in [6.07, 6.45) is 5.81. The van der Waals surface area contributed by atoms with Crippen LogP contribution in [0.15, 0.2) is 36.5 Å². The van der Waals surface area contributed by atoms with Crippen molar-refractivity contribution in [2.75, 3.05) is 5.32 Å². The van der Waals surface area contributed by atoms with Crippen LogP contribution < -0.4 is 11.1 Å². The van der Waals surface area contributed by atoms with Crippen molar-refractivity contribution in [3.63, 3.8) is 0 Å². The van der Waals surface area contributed by atoms with Gasteiger partial charge in [0, 0.05) is 17.5 Å². The number of carbonyl (C=O) groups excluding carboxylic acids is 2. The third-order valence-electron chi connectivity index (χ3n) is 5.23. The molecule has 2 amide bonds. The highest BCUT2D eigenvalue weighted by molar-refractivity contribution is 5.98. The van der Waals surface area contributed by atoms with E-state index in [4.69, 9.17) is 5.73 Å². The number of aryl methyl sites for hydroxylation is 1. The minimum Gasteiger partial charge on any atom is -0.364 e. The Labute approximate surface area is 134 Å². The maximum atomic E-state index is 12.6. The second kappa shape index (κ2) is 4.98. The lowest BCUT2D eigenvalue weighted by Gasteiger charge is -2.26. The summed E-state index contributed by atoms with van der Waals surface area (Å²) in [7, 11) is 0. The van der Waals surface area contributed by atoms with Crippen molar-refractivity contribution in [3.05, 3.63) is 53.3 Å². The molecule has 2 aliphatic carbocycles. The van der Waals surface area contributed by atoms with Gasteiger partial charge in [0.25, 0.3) is 5.91 Å². The first-order valence-corrected chi connectivity index (χ1v) is 7.98. The predicted octanol–water partition coefficient (Wildman–Crippen LogP) is 2.35. The molecule has 5 nitrogen and oxygen atoms in total. The predicted molar refractivity (Wildman–Crippen MR) is 87.1 cm³/mol. The van der Waals surface area contributed by atoms with Crippen LogP contribution >= 0.6 is 0 Å². The van der Waals surface area contributed by atoms with E-state index in [0.29, 0.717) is 11.4 Å².